The molecule has 0 heterocycles. The molecule has 0 aliphatic carbocycles. The van der Waals surface area contributed by atoms with Gasteiger partial charge in [-0.3, -0.25) is 4.79 Å². The molecule has 3 heteroatoms. The lowest BCUT2D eigenvalue weighted by Gasteiger charge is -2.03. The van der Waals surface area contributed by atoms with Crippen molar-refractivity contribution in [3.63, 3.8) is 0 Å². The average Bonchev–Trinajstić information content (AvgIpc) is 2.15. The molecule has 0 bridgehead atoms. The van der Waals surface area contributed by atoms with Crippen molar-refractivity contribution in [3.05, 3.63) is 24.3 Å². The molecule has 1 aromatic rings. The molecule has 0 spiro atoms. The fraction of sp³-hybridized carbons (Fsp3) is 0.300. The summed E-state index contributed by atoms with van der Waals surface area (Å²) < 4.78 is 0. The smallest absolute Gasteiger partial charge is 0.148 e. The summed E-state index contributed by atoms with van der Waals surface area (Å²) in [5.74, 6) is 0.147. The van der Waals surface area contributed by atoms with Crippen LogP contribution in [0.3, 0.4) is 0 Å². The van der Waals surface area contributed by atoms with E-state index in [-0.39, 0.29) is 5.78 Å². The maximum Gasteiger partial charge on any atom is 0.148 e. The van der Waals surface area contributed by atoms with Crippen LogP contribution in [0.25, 0.3) is 0 Å². The molecule has 70 valence electrons. The second-order valence-electron chi connectivity index (χ2n) is 2.78. The van der Waals surface area contributed by atoms with Crippen LogP contribution in [0.5, 0.6) is 0 Å². The Morgan fingerprint density at radius 2 is 2.00 bits per heavy atom. The number of carbonyl (C=O) groups is 1. The zero-order valence-corrected chi connectivity index (χ0v) is 8.65. The molecule has 0 aliphatic rings. The topological polar surface area (TPSA) is 29.1 Å². The molecule has 0 aliphatic heterocycles. The van der Waals surface area contributed by atoms with Crippen LogP contribution in [-0.2, 0) is 4.79 Å². The monoisotopic (exact) mass is 195 g/mol. The average molecular weight is 195 g/mol. The number of hydrogen-bond acceptors (Lipinski definition) is 3. The maximum atomic E-state index is 10.7. The third-order valence-electron chi connectivity index (χ3n) is 1.63. The summed E-state index contributed by atoms with van der Waals surface area (Å²) in [7, 11) is 0. The predicted octanol–water partition coefficient (Wildman–Crippen LogP) is 2.41. The van der Waals surface area contributed by atoms with Crippen molar-refractivity contribution >= 4 is 23.2 Å². The van der Waals surface area contributed by atoms with E-state index in [1.165, 1.54) is 4.90 Å². The first-order valence-corrected chi connectivity index (χ1v) is 5.32. The minimum atomic E-state index is 0.147. The predicted molar refractivity (Wildman–Crippen MR) is 57.4 cm³/mol. The first-order chi connectivity index (χ1) is 6.22. The number of nitrogens with one attached hydrogen (secondary N) is 1. The van der Waals surface area contributed by atoms with Crippen molar-refractivity contribution in [1.82, 2.24) is 0 Å². The summed E-state index contributed by atoms with van der Waals surface area (Å²) in [4.78, 5) is 11.9. The highest BCUT2D eigenvalue weighted by molar-refractivity contribution is 7.98. The molecule has 2 nitrogen and oxygen atoms in total. The van der Waals surface area contributed by atoms with Crippen LogP contribution < -0.4 is 5.32 Å². The molecule has 0 aromatic heterocycles. The molecular formula is C10H13NOS. The van der Waals surface area contributed by atoms with Gasteiger partial charge >= 0.3 is 0 Å². The van der Waals surface area contributed by atoms with Crippen molar-refractivity contribution in [3.8, 4) is 0 Å². The number of Topliss-reactive ketones (excluding diaryl/α,β-unsaturated/α-hetero) is 1. The lowest BCUT2D eigenvalue weighted by Crippen LogP contribution is -2.09. The lowest BCUT2D eigenvalue weighted by molar-refractivity contribution is -0.115. The van der Waals surface area contributed by atoms with E-state index in [0.29, 0.717) is 6.54 Å². The number of anilines is 1. The van der Waals surface area contributed by atoms with Crippen LogP contribution in [0.15, 0.2) is 29.2 Å². The Labute approximate surface area is 82.7 Å². The quantitative estimate of drug-likeness (QED) is 0.748. The fourth-order valence-electron chi connectivity index (χ4n) is 0.935. The van der Waals surface area contributed by atoms with Crippen molar-refractivity contribution in [1.29, 1.82) is 0 Å². The summed E-state index contributed by atoms with van der Waals surface area (Å²) in [5.41, 5.74) is 0.994. The molecule has 1 N–H and O–H groups in total. The van der Waals surface area contributed by atoms with Crippen molar-refractivity contribution in [2.75, 3.05) is 18.1 Å². The summed E-state index contributed by atoms with van der Waals surface area (Å²) >= 11 is 1.71. The molecular weight excluding hydrogens is 182 g/mol. The zero-order chi connectivity index (χ0) is 9.68. The fourth-order valence-corrected chi connectivity index (χ4v) is 1.34. The SMILES string of the molecule is CSc1ccc(NCC(C)=O)cc1. The Bertz CT molecular complexity index is 281. The third-order valence-corrected chi connectivity index (χ3v) is 2.38. The molecule has 0 fully saturated rings. The number of hydrogen-bond donors (Lipinski definition) is 1. The second-order valence-corrected chi connectivity index (χ2v) is 3.66. The second kappa shape index (κ2) is 4.92. The van der Waals surface area contributed by atoms with Gasteiger partial charge in [0.2, 0.25) is 0 Å². The third kappa shape index (κ3) is 3.51. The van der Waals surface area contributed by atoms with Gasteiger partial charge in [0.15, 0.2) is 0 Å². The number of ketones is 1. The van der Waals surface area contributed by atoms with Gasteiger partial charge in [-0.1, -0.05) is 0 Å². The van der Waals surface area contributed by atoms with Crippen LogP contribution in [-0.4, -0.2) is 18.6 Å². The summed E-state index contributed by atoms with van der Waals surface area (Å²) in [6.45, 7) is 1.97. The highest BCUT2D eigenvalue weighted by atomic mass is 32.2. The van der Waals surface area contributed by atoms with Gasteiger partial charge in [-0.25, -0.2) is 0 Å². The van der Waals surface area contributed by atoms with Gasteiger partial charge in [0, 0.05) is 10.6 Å². The number of thioether (sulfide) groups is 1. The van der Waals surface area contributed by atoms with E-state index in [1.54, 1.807) is 18.7 Å². The first kappa shape index (κ1) is 10.1. The first-order valence-electron chi connectivity index (χ1n) is 4.09. The van der Waals surface area contributed by atoms with Crippen LogP contribution in [0.2, 0.25) is 0 Å². The van der Waals surface area contributed by atoms with Gasteiger partial charge in [0.05, 0.1) is 6.54 Å². The van der Waals surface area contributed by atoms with Crippen LogP contribution >= 0.6 is 11.8 Å². The van der Waals surface area contributed by atoms with E-state index in [4.69, 9.17) is 0 Å². The van der Waals surface area contributed by atoms with Crippen LogP contribution in [0.1, 0.15) is 6.92 Å². The number of carbonyl (C=O) groups excluding carboxylic acids is 1. The summed E-state index contributed by atoms with van der Waals surface area (Å²) in [5, 5.41) is 3.04. The van der Waals surface area contributed by atoms with E-state index in [0.717, 1.165) is 5.69 Å². The minimum Gasteiger partial charge on any atom is -0.378 e. The van der Waals surface area contributed by atoms with Gasteiger partial charge in [0.1, 0.15) is 5.78 Å². The van der Waals surface area contributed by atoms with Gasteiger partial charge in [-0.05, 0) is 37.4 Å². The van der Waals surface area contributed by atoms with Gasteiger partial charge in [0.25, 0.3) is 0 Å². The van der Waals surface area contributed by atoms with Crippen molar-refractivity contribution < 1.29 is 4.79 Å². The van der Waals surface area contributed by atoms with E-state index in [2.05, 4.69) is 5.32 Å². The standard InChI is InChI=1S/C10H13NOS/c1-8(12)7-11-9-3-5-10(13-2)6-4-9/h3-6,11H,7H2,1-2H3. The molecule has 1 aromatic carbocycles. The Hall–Kier alpha value is -0.960. The largest absolute Gasteiger partial charge is 0.378 e. The van der Waals surface area contributed by atoms with Crippen molar-refractivity contribution in [2.45, 2.75) is 11.8 Å². The Balaban J connectivity index is 2.54. The van der Waals surface area contributed by atoms with Gasteiger partial charge in [-0.15, -0.1) is 11.8 Å². The van der Waals surface area contributed by atoms with E-state index in [9.17, 15) is 4.79 Å². The molecule has 0 radical (unpaired) electrons. The van der Waals surface area contributed by atoms with Gasteiger partial charge in [-0.2, -0.15) is 0 Å². The molecule has 0 saturated carbocycles. The van der Waals surface area contributed by atoms with Crippen LogP contribution in [0, 0.1) is 0 Å². The molecule has 0 unspecified atom stereocenters. The molecule has 0 saturated heterocycles. The normalized spacial score (nSPS) is 9.69. The van der Waals surface area contributed by atoms with E-state index >= 15 is 0 Å². The number of rotatable bonds is 4. The molecule has 0 amide bonds. The summed E-state index contributed by atoms with van der Waals surface area (Å²) in [6.07, 6.45) is 2.04. The Kier molecular flexibility index (Phi) is 3.83. The highest BCUT2D eigenvalue weighted by Gasteiger charge is 1.94. The van der Waals surface area contributed by atoms with E-state index in [1.807, 2.05) is 30.5 Å². The van der Waals surface area contributed by atoms with Crippen molar-refractivity contribution in [2.24, 2.45) is 0 Å². The van der Waals surface area contributed by atoms with Gasteiger partial charge < -0.3 is 5.32 Å². The molecule has 1 rings (SSSR count). The Morgan fingerprint density at radius 3 is 2.46 bits per heavy atom. The molecule has 13 heavy (non-hydrogen) atoms. The van der Waals surface area contributed by atoms with Crippen LogP contribution in [0.4, 0.5) is 5.69 Å². The summed E-state index contributed by atoms with van der Waals surface area (Å²) in [6, 6.07) is 8.03. The van der Waals surface area contributed by atoms with E-state index < -0.39 is 0 Å². The minimum absolute atomic E-state index is 0.147. The lowest BCUT2D eigenvalue weighted by atomic mass is 10.3. The Morgan fingerprint density at radius 1 is 1.38 bits per heavy atom. The maximum absolute atomic E-state index is 10.7. The molecule has 0 atom stereocenters. The number of benzene rings is 1. The zero-order valence-electron chi connectivity index (χ0n) is 7.83. The highest BCUT2D eigenvalue weighted by Crippen LogP contribution is 2.17.